The third-order valence-corrected chi connectivity index (χ3v) is 6.80. The maximum atomic E-state index is 14.3. The van der Waals surface area contributed by atoms with Crippen LogP contribution in [-0.2, 0) is 21.7 Å². The van der Waals surface area contributed by atoms with Gasteiger partial charge in [0.2, 0.25) is 0 Å². The van der Waals surface area contributed by atoms with E-state index in [-0.39, 0.29) is 17.9 Å². The number of methoxy groups -OCH3 is 2. The van der Waals surface area contributed by atoms with E-state index >= 15 is 0 Å². The number of hydrogen-bond acceptors (Lipinski definition) is 6. The molecule has 0 aliphatic carbocycles. The summed E-state index contributed by atoms with van der Waals surface area (Å²) < 4.78 is 112. The average molecular weight is 635 g/mol. The minimum atomic E-state index is -5.85. The lowest BCUT2D eigenvalue weighted by Crippen LogP contribution is -2.55. The van der Waals surface area contributed by atoms with Crippen LogP contribution in [0.1, 0.15) is 33.2 Å². The second kappa shape index (κ2) is 13.9. The topological polar surface area (TPSA) is 63.2 Å². The molecular formula is C33H28F6O6. The van der Waals surface area contributed by atoms with Gasteiger partial charge in [-0.1, -0.05) is 54.6 Å². The molecule has 1 atom stereocenters. The monoisotopic (exact) mass is 634 g/mol. The molecular weight excluding hydrogens is 606 g/mol. The fourth-order valence-corrected chi connectivity index (χ4v) is 4.42. The number of esters is 1. The van der Waals surface area contributed by atoms with E-state index in [2.05, 4.69) is 4.74 Å². The van der Waals surface area contributed by atoms with E-state index in [1.54, 1.807) is 42.5 Å². The van der Waals surface area contributed by atoms with Crippen LogP contribution < -0.4 is 14.2 Å². The van der Waals surface area contributed by atoms with E-state index < -0.39 is 42.2 Å². The molecule has 6 nitrogen and oxygen atoms in total. The van der Waals surface area contributed by atoms with Gasteiger partial charge in [0.15, 0.2) is 6.10 Å². The Kier molecular flexibility index (Phi) is 10.3. The van der Waals surface area contributed by atoms with Gasteiger partial charge in [0.1, 0.15) is 23.9 Å². The zero-order chi connectivity index (χ0) is 32.7. The first-order valence-corrected chi connectivity index (χ1v) is 13.4. The van der Waals surface area contributed by atoms with E-state index in [9.17, 15) is 31.1 Å². The fourth-order valence-electron chi connectivity index (χ4n) is 4.42. The smallest absolute Gasteiger partial charge is 0.430 e. The summed E-state index contributed by atoms with van der Waals surface area (Å²) in [5.41, 5.74) is -4.69. The van der Waals surface area contributed by atoms with Crippen molar-refractivity contribution in [3.63, 3.8) is 0 Å². The Morgan fingerprint density at radius 1 is 0.689 bits per heavy atom. The van der Waals surface area contributed by atoms with Gasteiger partial charge in [0.25, 0.3) is 5.60 Å². The number of carbonyl (C=O) groups excluding carboxylic acids is 1. The lowest BCUT2D eigenvalue weighted by molar-refractivity contribution is -0.392. The first-order valence-electron chi connectivity index (χ1n) is 13.4. The molecule has 0 amide bonds. The van der Waals surface area contributed by atoms with Crippen molar-refractivity contribution < 1.29 is 54.8 Å². The van der Waals surface area contributed by atoms with E-state index in [4.69, 9.17) is 18.9 Å². The molecule has 4 rings (SSSR count). The van der Waals surface area contributed by atoms with Crippen LogP contribution in [0, 0.1) is 0 Å². The van der Waals surface area contributed by atoms with Gasteiger partial charge in [0, 0.05) is 5.56 Å². The molecule has 4 aromatic carbocycles. The number of hydrogen-bond donors (Lipinski definition) is 0. The van der Waals surface area contributed by atoms with Crippen molar-refractivity contribution in [1.82, 2.24) is 0 Å². The summed E-state index contributed by atoms with van der Waals surface area (Å²) in [7, 11) is 2.63. The quantitative estimate of drug-likeness (QED) is 0.116. The fraction of sp³-hybridized carbons (Fsp3) is 0.242. The summed E-state index contributed by atoms with van der Waals surface area (Å²) in [5.74, 6) is 0.227. The summed E-state index contributed by atoms with van der Waals surface area (Å²) in [6.45, 7) is -1.13. The Hall–Kier alpha value is -4.71. The minimum Gasteiger partial charge on any atom is -0.497 e. The standard InChI is InChI=1S/C33H28F6O6/c1-41-26-14-8-22(9-15-26)20-44-31(32(34,35)36,33(37,38)39)25-12-18-27(19-13-25)43-21-29(23-6-4-3-5-7-23)45-28-16-10-24(11-17-28)30(40)42-2/h3-19,29H,20-21H2,1-2H3. The first kappa shape index (κ1) is 33.2. The second-order valence-electron chi connectivity index (χ2n) is 9.68. The van der Waals surface area contributed by atoms with Crippen LogP contribution in [0.3, 0.4) is 0 Å². The van der Waals surface area contributed by atoms with E-state index in [1.807, 2.05) is 0 Å². The zero-order valence-electron chi connectivity index (χ0n) is 24.0. The predicted octanol–water partition coefficient (Wildman–Crippen LogP) is 8.22. The van der Waals surface area contributed by atoms with Gasteiger partial charge in [-0.3, -0.25) is 0 Å². The van der Waals surface area contributed by atoms with Gasteiger partial charge in [-0.05, 0) is 59.7 Å². The maximum Gasteiger partial charge on any atom is 0.430 e. The van der Waals surface area contributed by atoms with Crippen LogP contribution in [0.5, 0.6) is 17.2 Å². The lowest BCUT2D eigenvalue weighted by atomic mass is 9.91. The number of halogens is 6. The van der Waals surface area contributed by atoms with E-state index in [0.29, 0.717) is 34.8 Å². The normalized spacial score (nSPS) is 12.7. The van der Waals surface area contributed by atoms with Gasteiger partial charge in [0.05, 0.1) is 26.4 Å². The summed E-state index contributed by atoms with van der Waals surface area (Å²) in [6, 6.07) is 23.7. The number of ether oxygens (including phenoxy) is 5. The maximum absolute atomic E-state index is 14.3. The molecule has 0 saturated carbocycles. The van der Waals surface area contributed by atoms with Crippen LogP contribution in [0.25, 0.3) is 0 Å². The Bertz CT molecular complexity index is 1510. The van der Waals surface area contributed by atoms with Gasteiger partial charge >= 0.3 is 18.3 Å². The molecule has 0 fully saturated rings. The molecule has 0 N–H and O–H groups in total. The van der Waals surface area contributed by atoms with Gasteiger partial charge in [-0.15, -0.1) is 0 Å². The van der Waals surface area contributed by atoms with Crippen LogP contribution in [0.4, 0.5) is 26.3 Å². The summed E-state index contributed by atoms with van der Waals surface area (Å²) in [5, 5.41) is 0. The van der Waals surface area contributed by atoms with Crippen molar-refractivity contribution in [2.24, 2.45) is 0 Å². The van der Waals surface area contributed by atoms with E-state index in [0.717, 1.165) is 12.1 Å². The third-order valence-electron chi connectivity index (χ3n) is 6.80. The van der Waals surface area contributed by atoms with E-state index in [1.165, 1.54) is 50.6 Å². The molecule has 4 aromatic rings. The SMILES string of the molecule is COC(=O)c1ccc(OC(COc2ccc(C(OCc3ccc(OC)cc3)(C(F)(F)F)C(F)(F)F)cc2)c2ccccc2)cc1. The summed E-state index contributed by atoms with van der Waals surface area (Å²) >= 11 is 0. The van der Waals surface area contributed by atoms with Crippen LogP contribution in [0.15, 0.2) is 103 Å². The van der Waals surface area contributed by atoms with Crippen molar-refractivity contribution in [3.8, 4) is 17.2 Å². The summed E-state index contributed by atoms with van der Waals surface area (Å²) in [6.07, 6.45) is -12.4. The predicted molar refractivity (Wildman–Crippen MR) is 151 cm³/mol. The van der Waals surface area contributed by atoms with Crippen LogP contribution in [0.2, 0.25) is 0 Å². The molecule has 0 aliphatic heterocycles. The molecule has 0 spiro atoms. The van der Waals surface area contributed by atoms with Crippen molar-refractivity contribution in [2.45, 2.75) is 30.7 Å². The highest BCUT2D eigenvalue weighted by atomic mass is 19.4. The molecule has 0 saturated heterocycles. The Morgan fingerprint density at radius 3 is 1.78 bits per heavy atom. The largest absolute Gasteiger partial charge is 0.497 e. The molecule has 238 valence electrons. The van der Waals surface area contributed by atoms with Gasteiger partial charge < -0.3 is 23.7 Å². The molecule has 45 heavy (non-hydrogen) atoms. The van der Waals surface area contributed by atoms with Crippen molar-refractivity contribution in [1.29, 1.82) is 0 Å². The minimum absolute atomic E-state index is 0.00211. The molecule has 0 aliphatic rings. The molecule has 0 radical (unpaired) electrons. The van der Waals surface area contributed by atoms with Crippen molar-refractivity contribution >= 4 is 5.97 Å². The highest BCUT2D eigenvalue weighted by Gasteiger charge is 2.73. The first-order chi connectivity index (χ1) is 21.4. The molecule has 12 heteroatoms. The van der Waals surface area contributed by atoms with Crippen LogP contribution in [-0.4, -0.2) is 39.1 Å². The highest BCUT2D eigenvalue weighted by molar-refractivity contribution is 5.89. The molecule has 1 unspecified atom stereocenters. The number of carbonyl (C=O) groups is 1. The molecule has 0 aromatic heterocycles. The van der Waals surface area contributed by atoms with Crippen molar-refractivity contribution in [2.75, 3.05) is 20.8 Å². The lowest BCUT2D eigenvalue weighted by Gasteiger charge is -2.37. The Balaban J connectivity index is 1.55. The second-order valence-corrected chi connectivity index (χ2v) is 9.68. The number of benzene rings is 4. The molecule has 0 heterocycles. The van der Waals surface area contributed by atoms with Crippen molar-refractivity contribution in [3.05, 3.63) is 125 Å². The summed E-state index contributed by atoms with van der Waals surface area (Å²) in [4.78, 5) is 11.7. The van der Waals surface area contributed by atoms with Gasteiger partial charge in [-0.25, -0.2) is 4.79 Å². The molecule has 0 bridgehead atoms. The third kappa shape index (κ3) is 7.69. The number of alkyl halides is 6. The van der Waals surface area contributed by atoms with Crippen LogP contribution >= 0.6 is 0 Å². The average Bonchev–Trinajstić information content (AvgIpc) is 3.03. The number of rotatable bonds is 12. The zero-order valence-corrected chi connectivity index (χ0v) is 24.0. The Labute approximate surface area is 255 Å². The highest BCUT2D eigenvalue weighted by Crippen LogP contribution is 2.53. The Morgan fingerprint density at radius 2 is 1.24 bits per heavy atom. The van der Waals surface area contributed by atoms with Gasteiger partial charge in [-0.2, -0.15) is 26.3 Å².